The predicted octanol–water partition coefficient (Wildman–Crippen LogP) is 4.87. The van der Waals surface area contributed by atoms with E-state index in [1.54, 1.807) is 23.3 Å². The summed E-state index contributed by atoms with van der Waals surface area (Å²) in [6.07, 6.45) is 23.3. The van der Waals surface area contributed by atoms with Crippen LogP contribution < -0.4 is 0 Å². The molecule has 0 aromatic carbocycles. The second-order valence-electron chi connectivity index (χ2n) is 2.88. The molecule has 0 nitrogen and oxygen atoms in total. The van der Waals surface area contributed by atoms with Crippen molar-refractivity contribution in [2.75, 3.05) is 0 Å². The molecule has 0 aromatic heterocycles. The third-order valence-corrected chi connectivity index (χ3v) is 1.94. The Morgan fingerprint density at radius 2 is 1.48 bits per heavy atom. The van der Waals surface area contributed by atoms with Crippen molar-refractivity contribution in [3.05, 3.63) is 116 Å². The summed E-state index contributed by atoms with van der Waals surface area (Å²) in [5, 5.41) is 0. The van der Waals surface area contributed by atoms with Crippen LogP contribution in [0.4, 0.5) is 0 Å². The first-order chi connectivity index (χ1) is 7.47. The van der Waals surface area contributed by atoms with Gasteiger partial charge in [0.15, 0.2) is 0 Å². The maximum atomic E-state index is 3.10. The van der Waals surface area contributed by atoms with E-state index >= 15 is 0 Å². The summed E-state index contributed by atoms with van der Waals surface area (Å²) in [5.41, 5.74) is 2.52. The fraction of sp³-hybridized carbons (Fsp3) is 0.0526. The topological polar surface area (TPSA) is 0 Å². The summed E-state index contributed by atoms with van der Waals surface area (Å²) in [5.74, 6) is 0. The number of allylic oxidation sites excluding steroid dienone is 12. The van der Waals surface area contributed by atoms with E-state index in [9.17, 15) is 0 Å². The van der Waals surface area contributed by atoms with Gasteiger partial charge in [0.05, 0.1) is 0 Å². The number of fused-ring (bicyclic) bond motifs is 1. The third-order valence-electron chi connectivity index (χ3n) is 1.94. The fourth-order valence-electron chi connectivity index (χ4n) is 1.27. The molecule has 0 unspecified atom stereocenters. The van der Waals surface area contributed by atoms with Gasteiger partial charge in [0, 0.05) is 0 Å². The summed E-state index contributed by atoms with van der Waals surface area (Å²) in [7, 11) is 0. The van der Waals surface area contributed by atoms with Crippen LogP contribution in [0, 0.1) is 56.7 Å². The van der Waals surface area contributed by atoms with E-state index in [1.165, 1.54) is 11.1 Å². The van der Waals surface area contributed by atoms with E-state index in [0.717, 1.165) is 6.42 Å². The summed E-state index contributed by atoms with van der Waals surface area (Å²) < 4.78 is 0. The van der Waals surface area contributed by atoms with Gasteiger partial charge in [-0.2, -0.15) is 23.8 Å². The second-order valence-corrected chi connectivity index (χ2v) is 2.88. The van der Waals surface area contributed by atoms with Crippen molar-refractivity contribution in [2.24, 2.45) is 0 Å². The van der Waals surface area contributed by atoms with Crippen LogP contribution in [0.15, 0.2) is 59.8 Å². The zero-order valence-corrected chi connectivity index (χ0v) is 18.4. The molecule has 0 aliphatic heterocycles. The summed E-state index contributed by atoms with van der Waals surface area (Å²) >= 11 is 1.58. The van der Waals surface area contributed by atoms with Crippen LogP contribution in [0.5, 0.6) is 0 Å². The van der Waals surface area contributed by atoms with Crippen LogP contribution in [0.2, 0.25) is 0 Å². The normalized spacial score (nSPS) is 12.3. The van der Waals surface area contributed by atoms with E-state index < -0.39 is 0 Å². The quantitative estimate of drug-likeness (QED) is 0.417. The minimum absolute atomic E-state index is 0. The fourth-order valence-corrected chi connectivity index (χ4v) is 1.27. The Labute approximate surface area is 152 Å². The Morgan fingerprint density at radius 3 is 1.86 bits per heavy atom. The van der Waals surface area contributed by atoms with Crippen LogP contribution in [-0.2, 0) is 23.3 Å². The van der Waals surface area contributed by atoms with E-state index in [2.05, 4.69) is 36.5 Å². The van der Waals surface area contributed by atoms with Gasteiger partial charge in [0.2, 0.25) is 0 Å². The molecule has 0 saturated carbocycles. The van der Waals surface area contributed by atoms with E-state index in [0.29, 0.717) is 0 Å². The third kappa shape index (κ3) is 14.2. The van der Waals surface area contributed by atoms with Crippen molar-refractivity contribution in [1.82, 2.24) is 0 Å². The van der Waals surface area contributed by atoms with Crippen molar-refractivity contribution in [2.45, 2.75) is 6.42 Å². The van der Waals surface area contributed by atoms with Gasteiger partial charge in [-0.1, -0.05) is 0 Å². The molecule has 0 saturated heterocycles. The van der Waals surface area contributed by atoms with E-state index in [-0.39, 0.29) is 44.6 Å². The average Bonchev–Trinajstić information content (AvgIpc) is 3.01. The Bertz CT molecular complexity index is 346. The van der Waals surface area contributed by atoms with Gasteiger partial charge in [-0.15, -0.1) is 36.3 Å². The molecule has 3 aliphatic carbocycles. The van der Waals surface area contributed by atoms with Crippen molar-refractivity contribution >= 4 is 6.88 Å². The molecule has 21 heavy (non-hydrogen) atoms. The molecule has 0 radical (unpaired) electrons. The van der Waals surface area contributed by atoms with Crippen LogP contribution >= 0.6 is 0 Å². The predicted molar refractivity (Wildman–Crippen MR) is 102 cm³/mol. The molecule has 122 valence electrons. The molecule has 3 rings (SSSR count). The molecule has 0 fully saturated rings. The van der Waals surface area contributed by atoms with Crippen LogP contribution in [-0.4, -0.2) is 6.88 Å². The zero-order valence-electron chi connectivity index (χ0n) is 14.5. The Hall–Kier alpha value is -0.460. The first-order valence-electron chi connectivity index (χ1n) is 4.73. The standard InChI is InChI=1S/C8H5.C5H5.6CH3.H2Si.Zr/c1-3-7-5-2-6-8(7)4-1;1-2-4-5-3-1;;;;;;;;/h1-5H;1-3H,4H2;6*1H3;1H2;/q8*-1;;. The monoisotopic (exact) mass is 376 g/mol. The SMILES string of the molecule is [C-]1=CC=C2C=CC=C12.[C-]1=CC=CC1.[CH3-].[CH3-].[CH3-].[CH3-].[CH3-].[CH3-].[SiH2]=[Zr]. The molecule has 0 spiro atoms. The molecule has 2 heteroatoms. The first-order valence-corrected chi connectivity index (χ1v) is 10.6. The first kappa shape index (κ1) is 37.1. The molecule has 0 aromatic rings. The number of rotatable bonds is 0. The Morgan fingerprint density at radius 1 is 0.857 bits per heavy atom. The second kappa shape index (κ2) is 24.6. The average molecular weight is 378 g/mol. The Kier molecular flexibility index (Phi) is 43.4. The van der Waals surface area contributed by atoms with Crippen LogP contribution in [0.3, 0.4) is 0 Å². The molecule has 0 bridgehead atoms. The molecule has 3 aliphatic rings. The summed E-state index contributed by atoms with van der Waals surface area (Å²) in [4.78, 5) is 0. The van der Waals surface area contributed by atoms with E-state index in [1.807, 2.05) is 31.2 Å². The number of hydrogen-bond acceptors (Lipinski definition) is 0. The molecule has 0 atom stereocenters. The van der Waals surface area contributed by atoms with Crippen molar-refractivity contribution in [3.63, 3.8) is 0 Å². The zero-order chi connectivity index (χ0) is 10.9. The molecule has 0 heterocycles. The van der Waals surface area contributed by atoms with Gasteiger partial charge < -0.3 is 44.6 Å². The maximum absolute atomic E-state index is 3.10. The van der Waals surface area contributed by atoms with Crippen LogP contribution in [0.1, 0.15) is 6.42 Å². The molecule has 0 N–H and O–H groups in total. The van der Waals surface area contributed by atoms with Crippen LogP contribution in [0.25, 0.3) is 0 Å². The van der Waals surface area contributed by atoms with Crippen molar-refractivity contribution < 1.29 is 23.3 Å². The van der Waals surface area contributed by atoms with Gasteiger partial charge in [0.1, 0.15) is 0 Å². The van der Waals surface area contributed by atoms with Gasteiger partial charge in [0.25, 0.3) is 0 Å². The number of hydrogen-bond donors (Lipinski definition) is 0. The molecular weight excluding hydrogens is 348 g/mol. The van der Waals surface area contributed by atoms with E-state index in [4.69, 9.17) is 0 Å². The molecule has 0 amide bonds. The van der Waals surface area contributed by atoms with Crippen molar-refractivity contribution in [3.8, 4) is 0 Å². The van der Waals surface area contributed by atoms with Crippen molar-refractivity contribution in [1.29, 1.82) is 0 Å². The summed E-state index contributed by atoms with van der Waals surface area (Å²) in [6, 6.07) is 0. The van der Waals surface area contributed by atoms with Gasteiger partial charge >= 0.3 is 30.2 Å². The van der Waals surface area contributed by atoms with Gasteiger partial charge in [-0.25, -0.2) is 12.2 Å². The minimum atomic E-state index is 0. The van der Waals surface area contributed by atoms with Gasteiger partial charge in [-0.3, -0.25) is 6.08 Å². The summed E-state index contributed by atoms with van der Waals surface area (Å²) in [6.45, 7) is 1.95. The molecular formula is C19H30SiZr-8. The van der Waals surface area contributed by atoms with Gasteiger partial charge in [-0.05, 0) is 0 Å². The Balaban J connectivity index is -0.0000000397.